The van der Waals surface area contributed by atoms with E-state index in [0.29, 0.717) is 22.8 Å². The zero-order valence-corrected chi connectivity index (χ0v) is 17.1. The molecule has 0 saturated carbocycles. The number of nitrogens with one attached hydrogen (secondary N) is 1. The number of nitro groups is 1. The molecule has 0 aliphatic carbocycles. The third-order valence-corrected chi connectivity index (χ3v) is 4.28. The van der Waals surface area contributed by atoms with Gasteiger partial charge in [-0.25, -0.2) is 14.8 Å². The normalized spacial score (nSPS) is 10.3. The predicted octanol–water partition coefficient (Wildman–Crippen LogP) is 3.99. The minimum atomic E-state index is -0.604. The molecule has 0 bridgehead atoms. The van der Waals surface area contributed by atoms with Crippen molar-refractivity contribution in [1.29, 1.82) is 0 Å². The van der Waals surface area contributed by atoms with Gasteiger partial charge in [-0.05, 0) is 37.3 Å². The van der Waals surface area contributed by atoms with Gasteiger partial charge in [-0.15, -0.1) is 0 Å². The first-order valence-corrected chi connectivity index (χ1v) is 9.24. The van der Waals surface area contributed by atoms with Crippen LogP contribution in [0.1, 0.15) is 17.3 Å². The number of non-ortho nitro benzene ring substituents is 1. The van der Waals surface area contributed by atoms with Gasteiger partial charge in [0, 0.05) is 17.8 Å². The summed E-state index contributed by atoms with van der Waals surface area (Å²) in [6.45, 7) is 1.87. The molecule has 0 atom stereocenters. The summed E-state index contributed by atoms with van der Waals surface area (Å²) in [4.78, 5) is 31.7. The molecule has 160 valence electrons. The van der Waals surface area contributed by atoms with E-state index in [0.717, 1.165) is 0 Å². The lowest BCUT2D eigenvalue weighted by molar-refractivity contribution is -0.384. The number of rotatable bonds is 8. The lowest BCUT2D eigenvalue weighted by atomic mass is 10.2. The second-order valence-electron chi connectivity index (χ2n) is 6.17. The molecule has 2 aromatic carbocycles. The molecule has 0 unspecified atom stereocenters. The van der Waals surface area contributed by atoms with Gasteiger partial charge >= 0.3 is 5.97 Å². The highest BCUT2D eigenvalue weighted by atomic mass is 16.6. The lowest BCUT2D eigenvalue weighted by Gasteiger charge is -2.14. The van der Waals surface area contributed by atoms with E-state index in [-0.39, 0.29) is 29.4 Å². The molecule has 0 amide bonds. The van der Waals surface area contributed by atoms with Crippen LogP contribution in [-0.2, 0) is 4.74 Å². The SMILES string of the molecule is CCOC(=O)c1cnc(-c2ccc(OC)cc2)nc1Nc1ccc([N+](=O)[O-])cc1OC. The third-order valence-electron chi connectivity index (χ3n) is 4.28. The fourth-order valence-corrected chi connectivity index (χ4v) is 2.74. The largest absolute Gasteiger partial charge is 0.497 e. The van der Waals surface area contributed by atoms with E-state index in [9.17, 15) is 14.9 Å². The number of methoxy groups -OCH3 is 2. The van der Waals surface area contributed by atoms with Gasteiger partial charge in [0.25, 0.3) is 5.69 Å². The molecule has 1 aromatic heterocycles. The number of hydrogen-bond acceptors (Lipinski definition) is 9. The average Bonchev–Trinajstić information content (AvgIpc) is 2.79. The van der Waals surface area contributed by atoms with Crippen LogP contribution in [0.2, 0.25) is 0 Å². The van der Waals surface area contributed by atoms with E-state index in [1.54, 1.807) is 38.3 Å². The van der Waals surface area contributed by atoms with E-state index >= 15 is 0 Å². The molecule has 10 heteroatoms. The Kier molecular flexibility index (Phi) is 6.61. The summed E-state index contributed by atoms with van der Waals surface area (Å²) in [5.74, 6) is 0.826. The molecule has 3 rings (SSSR count). The highest BCUT2D eigenvalue weighted by Crippen LogP contribution is 2.32. The first-order chi connectivity index (χ1) is 15.0. The standard InChI is InChI=1S/C21H20N4O6/c1-4-31-21(26)16-12-22-19(13-5-8-15(29-2)9-6-13)24-20(16)23-17-10-7-14(25(27)28)11-18(17)30-3/h5-12H,4H2,1-3H3,(H,22,23,24). The van der Waals surface area contributed by atoms with Gasteiger partial charge in [0.1, 0.15) is 22.9 Å². The monoisotopic (exact) mass is 424 g/mol. The van der Waals surface area contributed by atoms with Crippen LogP contribution in [0.3, 0.4) is 0 Å². The van der Waals surface area contributed by atoms with Crippen molar-refractivity contribution in [1.82, 2.24) is 9.97 Å². The van der Waals surface area contributed by atoms with Crippen molar-refractivity contribution < 1.29 is 23.9 Å². The number of esters is 1. The number of hydrogen-bond donors (Lipinski definition) is 1. The molecule has 10 nitrogen and oxygen atoms in total. The fraction of sp³-hybridized carbons (Fsp3) is 0.190. The van der Waals surface area contributed by atoms with Crippen molar-refractivity contribution in [2.75, 3.05) is 26.1 Å². The van der Waals surface area contributed by atoms with Crippen LogP contribution in [-0.4, -0.2) is 41.7 Å². The molecular formula is C21H20N4O6. The second kappa shape index (κ2) is 9.53. The van der Waals surface area contributed by atoms with Crippen LogP contribution in [0.25, 0.3) is 11.4 Å². The van der Waals surface area contributed by atoms with Crippen molar-refractivity contribution in [2.45, 2.75) is 6.92 Å². The van der Waals surface area contributed by atoms with Crippen LogP contribution < -0.4 is 14.8 Å². The van der Waals surface area contributed by atoms with Crippen LogP contribution in [0.15, 0.2) is 48.7 Å². The summed E-state index contributed by atoms with van der Waals surface area (Å²) >= 11 is 0. The van der Waals surface area contributed by atoms with E-state index < -0.39 is 10.9 Å². The van der Waals surface area contributed by atoms with E-state index in [2.05, 4.69) is 15.3 Å². The number of nitro benzene ring substituents is 1. The molecule has 31 heavy (non-hydrogen) atoms. The molecule has 0 aliphatic heterocycles. The van der Waals surface area contributed by atoms with Gasteiger partial charge in [0.05, 0.1) is 37.5 Å². The molecule has 0 spiro atoms. The van der Waals surface area contributed by atoms with E-state index in [1.807, 2.05) is 0 Å². The Morgan fingerprint density at radius 3 is 2.48 bits per heavy atom. The van der Waals surface area contributed by atoms with E-state index in [1.165, 1.54) is 31.5 Å². The highest BCUT2D eigenvalue weighted by molar-refractivity contribution is 5.95. The summed E-state index contributed by atoms with van der Waals surface area (Å²) in [5, 5.41) is 14.0. The Morgan fingerprint density at radius 2 is 1.87 bits per heavy atom. The van der Waals surface area contributed by atoms with Gasteiger partial charge in [-0.2, -0.15) is 0 Å². The van der Waals surface area contributed by atoms with Crippen LogP contribution in [0.4, 0.5) is 17.2 Å². The summed E-state index contributed by atoms with van der Waals surface area (Å²) < 4.78 is 15.5. The van der Waals surface area contributed by atoms with Gasteiger partial charge < -0.3 is 19.5 Å². The van der Waals surface area contributed by atoms with Crippen molar-refractivity contribution >= 4 is 23.2 Å². The first-order valence-electron chi connectivity index (χ1n) is 9.24. The molecule has 1 N–H and O–H groups in total. The molecule has 1 heterocycles. The summed E-state index contributed by atoms with van der Waals surface area (Å²) in [6, 6.07) is 11.2. The Labute approximate surface area is 178 Å². The van der Waals surface area contributed by atoms with Crippen LogP contribution >= 0.6 is 0 Å². The Morgan fingerprint density at radius 1 is 1.13 bits per heavy atom. The summed E-state index contributed by atoms with van der Waals surface area (Å²) in [7, 11) is 2.96. The van der Waals surface area contributed by atoms with Crippen molar-refractivity contribution in [3.8, 4) is 22.9 Å². The lowest BCUT2D eigenvalue weighted by Crippen LogP contribution is -2.11. The minimum absolute atomic E-state index is 0.111. The number of carbonyl (C=O) groups excluding carboxylic acids is 1. The number of nitrogens with zero attached hydrogens (tertiary/aromatic N) is 3. The second-order valence-corrected chi connectivity index (χ2v) is 6.17. The van der Waals surface area contributed by atoms with E-state index in [4.69, 9.17) is 14.2 Å². The van der Waals surface area contributed by atoms with Gasteiger partial charge in [-0.3, -0.25) is 10.1 Å². The maximum absolute atomic E-state index is 12.4. The number of anilines is 2. The molecule has 0 radical (unpaired) electrons. The molecule has 0 aliphatic rings. The fourth-order valence-electron chi connectivity index (χ4n) is 2.74. The summed E-state index contributed by atoms with van der Waals surface area (Å²) in [6.07, 6.45) is 1.37. The molecule has 0 fully saturated rings. The van der Waals surface area contributed by atoms with Crippen LogP contribution in [0, 0.1) is 10.1 Å². The molecular weight excluding hydrogens is 404 g/mol. The number of aromatic nitrogens is 2. The minimum Gasteiger partial charge on any atom is -0.497 e. The van der Waals surface area contributed by atoms with Crippen LogP contribution in [0.5, 0.6) is 11.5 Å². The number of carbonyl (C=O) groups is 1. The number of ether oxygens (including phenoxy) is 3. The van der Waals surface area contributed by atoms with Gasteiger partial charge in [-0.1, -0.05) is 0 Å². The summed E-state index contributed by atoms with van der Waals surface area (Å²) in [5.41, 5.74) is 1.07. The van der Waals surface area contributed by atoms with Crippen molar-refractivity contribution in [3.63, 3.8) is 0 Å². The predicted molar refractivity (Wildman–Crippen MR) is 113 cm³/mol. The van der Waals surface area contributed by atoms with Gasteiger partial charge in [0.2, 0.25) is 0 Å². The van der Waals surface area contributed by atoms with Gasteiger partial charge in [0.15, 0.2) is 5.82 Å². The highest BCUT2D eigenvalue weighted by Gasteiger charge is 2.19. The maximum atomic E-state index is 12.4. The number of benzene rings is 2. The molecule has 3 aromatic rings. The zero-order chi connectivity index (χ0) is 22.4. The van der Waals surface area contributed by atoms with Crippen molar-refractivity contribution in [3.05, 3.63) is 64.3 Å². The Bertz CT molecular complexity index is 1100. The quantitative estimate of drug-likeness (QED) is 0.324. The first kappa shape index (κ1) is 21.5. The Hall–Kier alpha value is -4.21. The smallest absolute Gasteiger partial charge is 0.343 e. The maximum Gasteiger partial charge on any atom is 0.343 e. The topological polar surface area (TPSA) is 126 Å². The van der Waals surface area contributed by atoms with Crippen molar-refractivity contribution in [2.24, 2.45) is 0 Å². The third kappa shape index (κ3) is 4.86. The Balaban J connectivity index is 2.05. The average molecular weight is 424 g/mol. The molecule has 0 saturated heterocycles. The zero-order valence-electron chi connectivity index (χ0n) is 17.1.